The van der Waals surface area contributed by atoms with Crippen molar-refractivity contribution in [2.75, 3.05) is 14.1 Å². The Morgan fingerprint density at radius 1 is 0.548 bits per heavy atom. The number of nitrogens with zero attached hydrogens (tertiary/aromatic N) is 5. The van der Waals surface area contributed by atoms with Gasteiger partial charge in [0.15, 0.2) is 11.6 Å². The Bertz CT molecular complexity index is 3200. The highest BCUT2D eigenvalue weighted by atomic mass is 79.9. The summed E-state index contributed by atoms with van der Waals surface area (Å²) in [6.07, 6.45) is 3.10. The Kier molecular flexibility index (Phi) is 12.9. The number of carboxylic acids is 1. The third kappa shape index (κ3) is 9.41. The molecule has 0 bridgehead atoms. The van der Waals surface area contributed by atoms with E-state index in [9.17, 15) is 33.9 Å². The molecule has 0 saturated heterocycles. The van der Waals surface area contributed by atoms with Crippen LogP contribution in [0.3, 0.4) is 0 Å². The summed E-state index contributed by atoms with van der Waals surface area (Å²) in [5.74, 6) is -2.30. The zero-order valence-electron chi connectivity index (χ0n) is 33.2. The van der Waals surface area contributed by atoms with Crippen molar-refractivity contribution >= 4 is 77.1 Å². The SMILES string of the molecule is CN(C)C(=O)c1cccc(C(=O)c2cn(Cc3cccc(Br)n3)c3ccccc3c2=O)c1.O=C(O)c1cccc(C(=O)c2cn(Cc3cccc(Br)n3)c3ccccc3c2=O)c1. The molecule has 12 nitrogen and oxygen atoms in total. The molecule has 1 N–H and O–H groups in total. The van der Waals surface area contributed by atoms with Crippen molar-refractivity contribution in [1.29, 1.82) is 0 Å². The molecule has 0 aliphatic rings. The molecule has 0 spiro atoms. The molecule has 62 heavy (non-hydrogen) atoms. The molecule has 0 atom stereocenters. The number of carboxylic acid groups (broad SMARTS) is 1. The molecule has 308 valence electrons. The molecule has 8 aromatic rings. The molecule has 8 rings (SSSR count). The van der Waals surface area contributed by atoms with E-state index in [0.29, 0.717) is 49.7 Å². The molecule has 0 aliphatic heterocycles. The minimum Gasteiger partial charge on any atom is -0.478 e. The van der Waals surface area contributed by atoms with Crippen molar-refractivity contribution in [3.8, 4) is 0 Å². The maximum absolute atomic E-state index is 13.4. The third-order valence-corrected chi connectivity index (χ3v) is 10.7. The summed E-state index contributed by atoms with van der Waals surface area (Å²) in [5, 5.41) is 10.1. The van der Waals surface area contributed by atoms with Gasteiger partial charge >= 0.3 is 5.97 Å². The topological polar surface area (TPSA) is 162 Å². The molecule has 0 fully saturated rings. The van der Waals surface area contributed by atoms with E-state index in [1.807, 2.05) is 65.2 Å². The van der Waals surface area contributed by atoms with Gasteiger partial charge in [0.05, 0.1) is 52.2 Å². The average Bonchev–Trinajstić information content (AvgIpc) is 3.28. The zero-order valence-corrected chi connectivity index (χ0v) is 36.3. The predicted octanol–water partition coefficient (Wildman–Crippen LogP) is 8.28. The molecule has 14 heteroatoms. The van der Waals surface area contributed by atoms with Crippen molar-refractivity contribution in [3.05, 3.63) is 220 Å². The third-order valence-electron chi connectivity index (χ3n) is 9.82. The van der Waals surface area contributed by atoms with Crippen LogP contribution in [0.1, 0.15) is 63.9 Å². The van der Waals surface area contributed by atoms with E-state index in [-0.39, 0.29) is 39.2 Å². The van der Waals surface area contributed by atoms with Crippen LogP contribution in [0.25, 0.3) is 21.8 Å². The van der Waals surface area contributed by atoms with Crippen LogP contribution in [0.15, 0.2) is 165 Å². The lowest BCUT2D eigenvalue weighted by atomic mass is 10.00. The number of pyridine rings is 4. The Balaban J connectivity index is 0.000000187. The van der Waals surface area contributed by atoms with Gasteiger partial charge in [-0.1, -0.05) is 60.7 Å². The van der Waals surface area contributed by atoms with E-state index in [4.69, 9.17) is 0 Å². The van der Waals surface area contributed by atoms with E-state index in [1.54, 1.807) is 67.3 Å². The molecule has 4 aromatic carbocycles. The fourth-order valence-electron chi connectivity index (χ4n) is 6.86. The number of aromatic nitrogens is 4. The van der Waals surface area contributed by atoms with Gasteiger partial charge in [0.2, 0.25) is 10.9 Å². The van der Waals surface area contributed by atoms with Crippen LogP contribution in [0.4, 0.5) is 0 Å². The molecular weight excluding hydrogens is 918 g/mol. The van der Waals surface area contributed by atoms with Crippen LogP contribution in [-0.4, -0.2) is 66.6 Å². The number of aromatic carboxylic acids is 1. The van der Waals surface area contributed by atoms with Crippen molar-refractivity contribution in [3.63, 3.8) is 0 Å². The smallest absolute Gasteiger partial charge is 0.335 e. The van der Waals surface area contributed by atoms with Crippen molar-refractivity contribution < 1.29 is 24.3 Å². The molecule has 0 unspecified atom stereocenters. The largest absolute Gasteiger partial charge is 0.478 e. The van der Waals surface area contributed by atoms with Crippen LogP contribution in [0.2, 0.25) is 0 Å². The zero-order chi connectivity index (χ0) is 44.1. The quantitative estimate of drug-likeness (QED) is 0.105. The molecule has 4 aromatic heterocycles. The highest BCUT2D eigenvalue weighted by Crippen LogP contribution is 2.20. The molecular formula is C48H35Br2N5O7. The van der Waals surface area contributed by atoms with Gasteiger partial charge in [-0.25, -0.2) is 14.8 Å². The molecule has 4 heterocycles. The number of benzene rings is 4. The van der Waals surface area contributed by atoms with E-state index in [0.717, 1.165) is 11.4 Å². The fraction of sp³-hybridized carbons (Fsp3) is 0.0833. The lowest BCUT2D eigenvalue weighted by molar-refractivity contribution is 0.0696. The van der Waals surface area contributed by atoms with Gasteiger partial charge in [0.1, 0.15) is 9.21 Å². The summed E-state index contributed by atoms with van der Waals surface area (Å²) < 4.78 is 5.05. The number of amides is 1. The number of rotatable bonds is 10. The molecule has 0 saturated carbocycles. The maximum Gasteiger partial charge on any atom is 0.335 e. The Hall–Kier alpha value is -7.16. The first-order valence-corrected chi connectivity index (χ1v) is 20.6. The van der Waals surface area contributed by atoms with Crippen LogP contribution in [0, 0.1) is 0 Å². The van der Waals surface area contributed by atoms with Crippen LogP contribution < -0.4 is 10.9 Å². The van der Waals surface area contributed by atoms with Crippen LogP contribution in [0.5, 0.6) is 0 Å². The van der Waals surface area contributed by atoms with Gasteiger partial charge in [-0.15, -0.1) is 0 Å². The van der Waals surface area contributed by atoms with Crippen LogP contribution in [-0.2, 0) is 13.1 Å². The number of carbonyl (C=O) groups excluding carboxylic acids is 3. The average molecular weight is 954 g/mol. The predicted molar refractivity (Wildman–Crippen MR) is 243 cm³/mol. The second-order valence-corrected chi connectivity index (χ2v) is 15.9. The lowest BCUT2D eigenvalue weighted by Gasteiger charge is -2.14. The van der Waals surface area contributed by atoms with Crippen LogP contribution >= 0.6 is 31.9 Å². The lowest BCUT2D eigenvalue weighted by Crippen LogP contribution is -2.23. The standard InChI is InChI=1S/C25H20BrN3O3.C23H15BrN2O4/c1-28(2)25(32)17-8-5-7-16(13-17)23(30)20-15-29(14-18-9-6-12-22(26)27-18)21-11-4-3-10-19(21)24(20)31;24-20-10-4-7-16(25-20)12-26-13-18(22(28)17-8-1-2-9-19(17)26)21(27)14-5-3-6-15(11-14)23(29)30/h3-13,15H,14H2,1-2H3;1-11,13H,12H2,(H,29,30). The first-order valence-electron chi connectivity index (χ1n) is 19.0. The van der Waals surface area contributed by atoms with E-state index in [2.05, 4.69) is 41.8 Å². The highest BCUT2D eigenvalue weighted by Gasteiger charge is 2.21. The van der Waals surface area contributed by atoms with Gasteiger partial charge in [0.25, 0.3) is 5.91 Å². The van der Waals surface area contributed by atoms with Gasteiger partial charge < -0.3 is 19.1 Å². The minimum atomic E-state index is -1.14. The number of carbonyl (C=O) groups is 4. The number of para-hydroxylation sites is 2. The maximum atomic E-state index is 13.4. The number of ketones is 2. The highest BCUT2D eigenvalue weighted by molar-refractivity contribution is 9.10. The van der Waals surface area contributed by atoms with E-state index >= 15 is 0 Å². The Morgan fingerprint density at radius 3 is 1.39 bits per heavy atom. The molecule has 0 radical (unpaired) electrons. The summed E-state index contributed by atoms with van der Waals surface area (Å²) in [4.78, 5) is 86.6. The van der Waals surface area contributed by atoms with Gasteiger partial charge in [-0.2, -0.15) is 0 Å². The second-order valence-electron chi connectivity index (χ2n) is 14.3. The van der Waals surface area contributed by atoms with Crippen molar-refractivity contribution in [1.82, 2.24) is 24.0 Å². The van der Waals surface area contributed by atoms with E-state index in [1.165, 1.54) is 41.4 Å². The van der Waals surface area contributed by atoms with Crippen molar-refractivity contribution in [2.24, 2.45) is 0 Å². The molecule has 1 amide bonds. The number of halogens is 2. The fourth-order valence-corrected chi connectivity index (χ4v) is 7.62. The monoisotopic (exact) mass is 951 g/mol. The number of hydrogen-bond donors (Lipinski definition) is 1. The first-order chi connectivity index (χ1) is 29.8. The van der Waals surface area contributed by atoms with E-state index < -0.39 is 23.0 Å². The summed E-state index contributed by atoms with van der Waals surface area (Å²) >= 11 is 6.73. The summed E-state index contributed by atoms with van der Waals surface area (Å²) in [7, 11) is 3.30. The van der Waals surface area contributed by atoms with Crippen molar-refractivity contribution in [2.45, 2.75) is 13.1 Å². The summed E-state index contributed by atoms with van der Waals surface area (Å²) in [6, 6.07) is 37.5. The minimum absolute atomic E-state index is 0.0136. The molecule has 0 aliphatic carbocycles. The van der Waals surface area contributed by atoms with Gasteiger partial charge in [-0.05, 0) is 105 Å². The number of fused-ring (bicyclic) bond motifs is 2. The number of hydrogen-bond acceptors (Lipinski definition) is 8. The summed E-state index contributed by atoms with van der Waals surface area (Å²) in [5.41, 5.74) is 3.04. The van der Waals surface area contributed by atoms with Gasteiger partial charge in [-0.3, -0.25) is 24.0 Å². The second kappa shape index (κ2) is 18.6. The Labute approximate surface area is 371 Å². The van der Waals surface area contributed by atoms with Gasteiger partial charge in [0, 0.05) is 54.0 Å². The summed E-state index contributed by atoms with van der Waals surface area (Å²) in [6.45, 7) is 0.745. The normalized spacial score (nSPS) is 10.8. The first kappa shape index (κ1) is 42.9. The Morgan fingerprint density at radius 2 is 0.952 bits per heavy atom.